The highest BCUT2D eigenvalue weighted by Crippen LogP contribution is 2.22. The van der Waals surface area contributed by atoms with Gasteiger partial charge in [-0.3, -0.25) is 4.79 Å². The SMILES string of the molecule is COc1cccc(C(=O)N/N=C\c2c(Cl)cccc2Cl)c1. The average molecular weight is 323 g/mol. The molecule has 2 aromatic rings. The number of ether oxygens (including phenoxy) is 1. The molecule has 0 heterocycles. The molecular weight excluding hydrogens is 311 g/mol. The van der Waals surface area contributed by atoms with Crippen molar-refractivity contribution >= 4 is 35.3 Å². The van der Waals surface area contributed by atoms with E-state index in [1.165, 1.54) is 13.3 Å². The van der Waals surface area contributed by atoms with E-state index in [-0.39, 0.29) is 5.91 Å². The molecule has 0 aliphatic heterocycles. The molecule has 6 heteroatoms. The van der Waals surface area contributed by atoms with E-state index in [0.717, 1.165) is 0 Å². The molecule has 0 unspecified atom stereocenters. The van der Waals surface area contributed by atoms with Gasteiger partial charge in [0.2, 0.25) is 0 Å². The number of carbonyl (C=O) groups excluding carboxylic acids is 1. The molecule has 1 N–H and O–H groups in total. The zero-order valence-corrected chi connectivity index (χ0v) is 12.7. The lowest BCUT2D eigenvalue weighted by Gasteiger charge is -2.03. The molecule has 2 aromatic carbocycles. The fraction of sp³-hybridized carbons (Fsp3) is 0.0667. The average Bonchev–Trinajstić information content (AvgIpc) is 2.50. The van der Waals surface area contributed by atoms with Gasteiger partial charge in [0.1, 0.15) is 5.75 Å². The van der Waals surface area contributed by atoms with Crippen LogP contribution in [0.3, 0.4) is 0 Å². The first-order valence-electron chi connectivity index (χ1n) is 6.03. The summed E-state index contributed by atoms with van der Waals surface area (Å²) in [4.78, 5) is 11.9. The minimum Gasteiger partial charge on any atom is -0.497 e. The van der Waals surface area contributed by atoms with Crippen LogP contribution in [0.1, 0.15) is 15.9 Å². The van der Waals surface area contributed by atoms with Gasteiger partial charge in [-0.2, -0.15) is 5.10 Å². The largest absolute Gasteiger partial charge is 0.497 e. The fourth-order valence-electron chi connectivity index (χ4n) is 1.62. The smallest absolute Gasteiger partial charge is 0.271 e. The van der Waals surface area contributed by atoms with E-state index in [4.69, 9.17) is 27.9 Å². The van der Waals surface area contributed by atoms with Crippen LogP contribution in [0.5, 0.6) is 5.75 Å². The van der Waals surface area contributed by atoms with Gasteiger partial charge in [0.15, 0.2) is 0 Å². The monoisotopic (exact) mass is 322 g/mol. The van der Waals surface area contributed by atoms with Crippen LogP contribution in [0.25, 0.3) is 0 Å². The third-order valence-electron chi connectivity index (χ3n) is 2.69. The quantitative estimate of drug-likeness (QED) is 0.688. The maximum atomic E-state index is 11.9. The summed E-state index contributed by atoms with van der Waals surface area (Å²) in [7, 11) is 1.54. The third kappa shape index (κ3) is 3.97. The van der Waals surface area contributed by atoms with Crippen molar-refractivity contribution < 1.29 is 9.53 Å². The lowest BCUT2D eigenvalue weighted by atomic mass is 10.2. The van der Waals surface area contributed by atoms with Gasteiger partial charge in [-0.15, -0.1) is 0 Å². The number of carbonyl (C=O) groups is 1. The van der Waals surface area contributed by atoms with Crippen LogP contribution in [-0.4, -0.2) is 19.2 Å². The Hall–Kier alpha value is -2.04. The van der Waals surface area contributed by atoms with Crippen LogP contribution in [0.15, 0.2) is 47.6 Å². The van der Waals surface area contributed by atoms with Crippen LogP contribution >= 0.6 is 23.2 Å². The second-order valence-electron chi connectivity index (χ2n) is 4.07. The molecule has 4 nitrogen and oxygen atoms in total. The minimum absolute atomic E-state index is 0.353. The zero-order chi connectivity index (χ0) is 15.2. The Bertz CT molecular complexity index is 667. The fourth-order valence-corrected chi connectivity index (χ4v) is 2.11. The van der Waals surface area contributed by atoms with Crippen molar-refractivity contribution in [3.63, 3.8) is 0 Å². The van der Waals surface area contributed by atoms with E-state index in [1.807, 2.05) is 0 Å². The second kappa shape index (κ2) is 7.11. The van der Waals surface area contributed by atoms with E-state index in [0.29, 0.717) is 26.9 Å². The van der Waals surface area contributed by atoms with Gasteiger partial charge in [0.25, 0.3) is 5.91 Å². The van der Waals surface area contributed by atoms with Gasteiger partial charge < -0.3 is 4.74 Å². The van der Waals surface area contributed by atoms with Gasteiger partial charge >= 0.3 is 0 Å². The molecule has 0 spiro atoms. The Morgan fingerprint density at radius 1 is 1.19 bits per heavy atom. The Morgan fingerprint density at radius 3 is 2.52 bits per heavy atom. The van der Waals surface area contributed by atoms with Crippen molar-refractivity contribution in [2.75, 3.05) is 7.11 Å². The summed E-state index contributed by atoms with van der Waals surface area (Å²) in [5.74, 6) is 0.245. The van der Waals surface area contributed by atoms with Crippen LogP contribution < -0.4 is 10.2 Å². The van der Waals surface area contributed by atoms with Gasteiger partial charge in [0.05, 0.1) is 23.4 Å². The number of benzene rings is 2. The number of hydrogen-bond acceptors (Lipinski definition) is 3. The van der Waals surface area contributed by atoms with Crippen LogP contribution in [0, 0.1) is 0 Å². The van der Waals surface area contributed by atoms with Crippen molar-refractivity contribution in [2.45, 2.75) is 0 Å². The number of hydrogen-bond donors (Lipinski definition) is 1. The molecule has 1 amide bonds. The number of nitrogens with zero attached hydrogens (tertiary/aromatic N) is 1. The summed E-state index contributed by atoms with van der Waals surface area (Å²) >= 11 is 12.0. The molecule has 0 atom stereocenters. The number of hydrazone groups is 1. The maximum absolute atomic E-state index is 11.9. The molecule has 0 bridgehead atoms. The van der Waals surface area contributed by atoms with E-state index in [2.05, 4.69) is 10.5 Å². The maximum Gasteiger partial charge on any atom is 0.271 e. The summed E-state index contributed by atoms with van der Waals surface area (Å²) in [6, 6.07) is 11.9. The Balaban J connectivity index is 2.08. The molecule has 0 aliphatic rings. The van der Waals surface area contributed by atoms with E-state index >= 15 is 0 Å². The standard InChI is InChI=1S/C15H12Cl2N2O2/c1-21-11-5-2-4-10(8-11)15(20)19-18-9-12-13(16)6-3-7-14(12)17/h2-9H,1H3,(H,19,20)/b18-9-. The number of halogens is 2. The number of amides is 1. The first-order chi connectivity index (χ1) is 10.1. The highest BCUT2D eigenvalue weighted by atomic mass is 35.5. The predicted molar refractivity (Wildman–Crippen MR) is 84.5 cm³/mol. The van der Waals surface area contributed by atoms with Crippen molar-refractivity contribution in [1.82, 2.24) is 5.43 Å². The van der Waals surface area contributed by atoms with Gasteiger partial charge in [0, 0.05) is 11.1 Å². The van der Waals surface area contributed by atoms with Gasteiger partial charge in [-0.1, -0.05) is 35.3 Å². The molecule has 0 aromatic heterocycles. The third-order valence-corrected chi connectivity index (χ3v) is 3.35. The lowest BCUT2D eigenvalue weighted by Crippen LogP contribution is -2.17. The molecular formula is C15H12Cl2N2O2. The molecule has 0 radical (unpaired) electrons. The molecule has 0 saturated heterocycles. The predicted octanol–water partition coefficient (Wildman–Crippen LogP) is 3.77. The topological polar surface area (TPSA) is 50.7 Å². The highest BCUT2D eigenvalue weighted by Gasteiger charge is 2.06. The van der Waals surface area contributed by atoms with Crippen molar-refractivity contribution in [1.29, 1.82) is 0 Å². The summed E-state index contributed by atoms with van der Waals surface area (Å²) in [6.45, 7) is 0. The summed E-state index contributed by atoms with van der Waals surface area (Å²) in [5.41, 5.74) is 3.40. The Kier molecular flexibility index (Phi) is 5.20. The highest BCUT2D eigenvalue weighted by molar-refractivity contribution is 6.38. The Labute approximate surface area is 132 Å². The van der Waals surface area contributed by atoms with Gasteiger partial charge in [-0.25, -0.2) is 5.43 Å². The van der Waals surface area contributed by atoms with E-state index in [9.17, 15) is 4.79 Å². The zero-order valence-electron chi connectivity index (χ0n) is 11.1. The summed E-state index contributed by atoms with van der Waals surface area (Å²) in [5, 5.41) is 4.78. The van der Waals surface area contributed by atoms with Crippen LogP contribution in [0.4, 0.5) is 0 Å². The van der Waals surface area contributed by atoms with Crippen molar-refractivity contribution in [3.05, 3.63) is 63.6 Å². The van der Waals surface area contributed by atoms with Crippen molar-refractivity contribution in [2.24, 2.45) is 5.10 Å². The van der Waals surface area contributed by atoms with E-state index < -0.39 is 0 Å². The summed E-state index contributed by atoms with van der Waals surface area (Å²) < 4.78 is 5.06. The molecule has 2 rings (SSSR count). The van der Waals surface area contributed by atoms with Crippen molar-refractivity contribution in [3.8, 4) is 5.75 Å². The molecule has 0 aliphatic carbocycles. The number of rotatable bonds is 4. The Morgan fingerprint density at radius 2 is 1.86 bits per heavy atom. The van der Waals surface area contributed by atoms with Gasteiger partial charge in [-0.05, 0) is 30.3 Å². The molecule has 21 heavy (non-hydrogen) atoms. The molecule has 108 valence electrons. The van der Waals surface area contributed by atoms with Crippen LogP contribution in [-0.2, 0) is 0 Å². The first kappa shape index (κ1) is 15.4. The van der Waals surface area contributed by atoms with E-state index in [1.54, 1.807) is 42.5 Å². The summed E-state index contributed by atoms with van der Waals surface area (Å²) in [6.07, 6.45) is 1.41. The number of nitrogens with one attached hydrogen (secondary N) is 1. The molecule has 0 saturated carbocycles. The molecule has 0 fully saturated rings. The second-order valence-corrected chi connectivity index (χ2v) is 4.88. The minimum atomic E-state index is -0.353. The first-order valence-corrected chi connectivity index (χ1v) is 6.79. The number of methoxy groups -OCH3 is 1. The van der Waals surface area contributed by atoms with Crippen LogP contribution in [0.2, 0.25) is 10.0 Å². The lowest BCUT2D eigenvalue weighted by molar-refractivity contribution is 0.0955. The normalized spacial score (nSPS) is 10.6.